The first kappa shape index (κ1) is 13.3. The van der Waals surface area contributed by atoms with Gasteiger partial charge in [0, 0.05) is 0 Å². The Kier molecular flexibility index (Phi) is 9.52. The minimum absolute atomic E-state index is 1.29. The van der Waals surface area contributed by atoms with Gasteiger partial charge in [0.05, 0.1) is 13.6 Å². The molecule has 0 bridgehead atoms. The standard InChI is InChI=1S/C5H13N.BF4/c1-3-4-5-6-2;2-1(3,4)5/h6H,3-5H2,1-2H3;/q;-1/p+1. The zero-order valence-corrected chi connectivity index (χ0v) is 6.79. The summed E-state index contributed by atoms with van der Waals surface area (Å²) < 4.78 is 39.0. The van der Waals surface area contributed by atoms with E-state index in [4.69, 9.17) is 0 Å². The molecule has 0 aliphatic carbocycles. The van der Waals surface area contributed by atoms with Crippen molar-refractivity contribution >= 4 is 7.25 Å². The molecule has 0 atom stereocenters. The molecular formula is C5H14BF4N. The molecule has 0 saturated heterocycles. The van der Waals surface area contributed by atoms with Gasteiger partial charge in [-0.2, -0.15) is 0 Å². The lowest BCUT2D eigenvalue weighted by Gasteiger charge is -1.94. The van der Waals surface area contributed by atoms with Gasteiger partial charge in [-0.05, 0) is 6.42 Å². The Hall–Kier alpha value is -0.255. The number of hydrogen-bond acceptors (Lipinski definition) is 0. The van der Waals surface area contributed by atoms with Crippen LogP contribution in [-0.2, 0) is 0 Å². The molecule has 6 heteroatoms. The normalized spacial score (nSPS) is 10.4. The van der Waals surface area contributed by atoms with Crippen LogP contribution in [0.4, 0.5) is 17.3 Å². The smallest absolute Gasteiger partial charge is 0.418 e. The largest absolute Gasteiger partial charge is 0.673 e. The van der Waals surface area contributed by atoms with E-state index in [9.17, 15) is 17.3 Å². The highest BCUT2D eigenvalue weighted by atomic mass is 19.5. The van der Waals surface area contributed by atoms with Crippen molar-refractivity contribution < 1.29 is 22.6 Å². The Labute approximate surface area is 64.3 Å². The summed E-state index contributed by atoms with van der Waals surface area (Å²) in [7, 11) is -3.89. The van der Waals surface area contributed by atoms with Gasteiger partial charge in [-0.15, -0.1) is 0 Å². The molecule has 0 aliphatic heterocycles. The first-order valence-electron chi connectivity index (χ1n) is 3.57. The molecule has 0 unspecified atom stereocenters. The van der Waals surface area contributed by atoms with Gasteiger partial charge < -0.3 is 22.6 Å². The van der Waals surface area contributed by atoms with Gasteiger partial charge in [0.25, 0.3) is 0 Å². The lowest BCUT2D eigenvalue weighted by Crippen LogP contribution is -2.79. The molecule has 0 aromatic carbocycles. The van der Waals surface area contributed by atoms with E-state index in [0.717, 1.165) is 0 Å². The fourth-order valence-corrected chi connectivity index (χ4v) is 0.408. The quantitative estimate of drug-likeness (QED) is 0.378. The Morgan fingerprint density at radius 3 is 1.64 bits per heavy atom. The van der Waals surface area contributed by atoms with Crippen molar-refractivity contribution in [3.8, 4) is 0 Å². The molecule has 0 heterocycles. The second kappa shape index (κ2) is 7.85. The van der Waals surface area contributed by atoms with Gasteiger partial charge in [0.2, 0.25) is 0 Å². The molecule has 0 radical (unpaired) electrons. The summed E-state index contributed by atoms with van der Waals surface area (Å²) in [5.41, 5.74) is 0. The van der Waals surface area contributed by atoms with E-state index >= 15 is 0 Å². The molecule has 2 N–H and O–H groups in total. The first-order valence-corrected chi connectivity index (χ1v) is 3.57. The van der Waals surface area contributed by atoms with E-state index in [2.05, 4.69) is 19.3 Å². The van der Waals surface area contributed by atoms with Crippen molar-refractivity contribution in [3.63, 3.8) is 0 Å². The Morgan fingerprint density at radius 1 is 1.18 bits per heavy atom. The fourth-order valence-electron chi connectivity index (χ4n) is 0.408. The molecule has 1 nitrogen and oxygen atoms in total. The molecular weight excluding hydrogens is 161 g/mol. The summed E-state index contributed by atoms with van der Waals surface area (Å²) in [4.78, 5) is 0. The van der Waals surface area contributed by atoms with Gasteiger partial charge in [0.1, 0.15) is 0 Å². The van der Waals surface area contributed by atoms with Crippen molar-refractivity contribution in [2.75, 3.05) is 13.6 Å². The van der Waals surface area contributed by atoms with Crippen molar-refractivity contribution in [1.29, 1.82) is 0 Å². The lowest BCUT2D eigenvalue weighted by atomic mass is 10.3. The second-order valence-electron chi connectivity index (χ2n) is 2.05. The summed E-state index contributed by atoms with van der Waals surface area (Å²) in [5, 5.41) is 2.21. The number of hydrogen-bond donors (Lipinski definition) is 1. The molecule has 0 spiro atoms. The van der Waals surface area contributed by atoms with E-state index in [1.807, 2.05) is 0 Å². The zero-order chi connectivity index (χ0) is 9.33. The summed E-state index contributed by atoms with van der Waals surface area (Å²) in [6.07, 6.45) is 2.68. The first-order chi connectivity index (χ1) is 4.91. The average Bonchev–Trinajstić information content (AvgIpc) is 1.79. The van der Waals surface area contributed by atoms with Gasteiger partial charge in [0.15, 0.2) is 0 Å². The van der Waals surface area contributed by atoms with Crippen LogP contribution in [0.25, 0.3) is 0 Å². The third-order valence-corrected chi connectivity index (χ3v) is 0.846. The van der Waals surface area contributed by atoms with Gasteiger partial charge in [-0.25, -0.2) is 0 Å². The summed E-state index contributed by atoms with van der Waals surface area (Å²) in [6, 6.07) is 0. The number of halogens is 4. The summed E-state index contributed by atoms with van der Waals surface area (Å²) >= 11 is 0. The molecule has 0 fully saturated rings. The van der Waals surface area contributed by atoms with Crippen LogP contribution in [0.3, 0.4) is 0 Å². The molecule has 0 rings (SSSR count). The maximum atomic E-state index is 9.75. The number of nitrogens with two attached hydrogens (primary N) is 1. The SMILES string of the molecule is CCCC[NH2+]C.F[B-](F)(F)F. The van der Waals surface area contributed by atoms with Crippen molar-refractivity contribution in [1.82, 2.24) is 0 Å². The molecule has 0 aromatic rings. The van der Waals surface area contributed by atoms with Crippen molar-refractivity contribution in [2.45, 2.75) is 19.8 Å². The van der Waals surface area contributed by atoms with Crippen molar-refractivity contribution in [2.24, 2.45) is 0 Å². The summed E-state index contributed by atoms with van der Waals surface area (Å²) in [5.74, 6) is 0. The highest BCUT2D eigenvalue weighted by Gasteiger charge is 2.20. The van der Waals surface area contributed by atoms with Gasteiger partial charge >= 0.3 is 7.25 Å². The van der Waals surface area contributed by atoms with Crippen LogP contribution < -0.4 is 5.32 Å². The number of rotatable bonds is 3. The maximum Gasteiger partial charge on any atom is 0.673 e. The van der Waals surface area contributed by atoms with E-state index in [1.54, 1.807) is 0 Å². The Morgan fingerprint density at radius 2 is 1.55 bits per heavy atom. The lowest BCUT2D eigenvalue weighted by molar-refractivity contribution is -0.627. The van der Waals surface area contributed by atoms with E-state index in [1.165, 1.54) is 19.4 Å². The Bertz CT molecular complexity index is 65.4. The molecule has 0 saturated carbocycles. The fraction of sp³-hybridized carbons (Fsp3) is 1.00. The minimum atomic E-state index is -6.00. The maximum absolute atomic E-state index is 9.75. The second-order valence-corrected chi connectivity index (χ2v) is 2.05. The van der Waals surface area contributed by atoms with Crippen LogP contribution in [0.15, 0.2) is 0 Å². The van der Waals surface area contributed by atoms with E-state index < -0.39 is 7.25 Å². The Balaban J connectivity index is 0. The van der Waals surface area contributed by atoms with Crippen LogP contribution in [0.5, 0.6) is 0 Å². The molecule has 0 aromatic heterocycles. The minimum Gasteiger partial charge on any atom is -0.418 e. The molecule has 70 valence electrons. The topological polar surface area (TPSA) is 16.6 Å². The van der Waals surface area contributed by atoms with Crippen LogP contribution in [0.1, 0.15) is 19.8 Å². The van der Waals surface area contributed by atoms with Crippen LogP contribution in [-0.4, -0.2) is 20.8 Å². The monoisotopic (exact) mass is 175 g/mol. The van der Waals surface area contributed by atoms with Crippen molar-refractivity contribution in [3.05, 3.63) is 0 Å². The number of unbranched alkanes of at least 4 members (excludes halogenated alkanes) is 1. The van der Waals surface area contributed by atoms with E-state index in [-0.39, 0.29) is 0 Å². The third-order valence-electron chi connectivity index (χ3n) is 0.846. The average molecular weight is 175 g/mol. The van der Waals surface area contributed by atoms with Gasteiger partial charge in [-0.3, -0.25) is 0 Å². The predicted octanol–water partition coefficient (Wildman–Crippen LogP) is 1.28. The van der Waals surface area contributed by atoms with Crippen LogP contribution in [0.2, 0.25) is 0 Å². The number of quaternary nitrogens is 1. The molecule has 0 aliphatic rings. The van der Waals surface area contributed by atoms with Crippen LogP contribution in [0, 0.1) is 0 Å². The predicted molar refractivity (Wildman–Crippen MR) is 37.8 cm³/mol. The van der Waals surface area contributed by atoms with E-state index in [0.29, 0.717) is 0 Å². The van der Waals surface area contributed by atoms with Crippen LogP contribution >= 0.6 is 0 Å². The summed E-state index contributed by atoms with van der Waals surface area (Å²) in [6.45, 7) is 3.50. The third kappa shape index (κ3) is 77.6. The zero-order valence-electron chi connectivity index (χ0n) is 6.79. The van der Waals surface area contributed by atoms with Gasteiger partial charge in [-0.1, -0.05) is 13.3 Å². The highest BCUT2D eigenvalue weighted by Crippen LogP contribution is 2.06. The molecule has 11 heavy (non-hydrogen) atoms. The molecule has 0 amide bonds. The highest BCUT2D eigenvalue weighted by molar-refractivity contribution is 6.50.